The lowest BCUT2D eigenvalue weighted by atomic mass is 9.80. The third kappa shape index (κ3) is 2.96. The normalized spacial score (nSPS) is 29.3. The Bertz CT molecular complexity index is 400. The van der Waals surface area contributed by atoms with Crippen LogP contribution in [0.15, 0.2) is 18.2 Å². The van der Waals surface area contributed by atoms with Crippen LogP contribution >= 0.6 is 11.6 Å². The Kier molecular flexibility index (Phi) is 3.69. The zero-order valence-corrected chi connectivity index (χ0v) is 10.3. The molecule has 0 unspecified atom stereocenters. The largest absolute Gasteiger partial charge is 0.328 e. The van der Waals surface area contributed by atoms with Crippen molar-refractivity contribution in [3.8, 4) is 0 Å². The molecule has 0 bridgehead atoms. The van der Waals surface area contributed by atoms with Crippen LogP contribution in [0.25, 0.3) is 0 Å². The molecule has 2 N–H and O–H groups in total. The van der Waals surface area contributed by atoms with Crippen molar-refractivity contribution in [2.45, 2.75) is 43.8 Å². The molecule has 1 aromatic carbocycles. The molecule has 0 atom stereocenters. The van der Waals surface area contributed by atoms with Crippen LogP contribution in [-0.4, -0.2) is 11.7 Å². The number of alkyl halides is 1. The summed E-state index contributed by atoms with van der Waals surface area (Å²) in [6.07, 6.45) is 2.23. The van der Waals surface area contributed by atoms with E-state index in [2.05, 4.69) is 0 Å². The smallest absolute Gasteiger partial charge is 0.145 e. The van der Waals surface area contributed by atoms with Crippen LogP contribution in [0.2, 0.25) is 5.02 Å². The van der Waals surface area contributed by atoms with Gasteiger partial charge in [-0.25, -0.2) is 8.78 Å². The van der Waals surface area contributed by atoms with Gasteiger partial charge in [0, 0.05) is 12.5 Å². The number of nitrogens with two attached hydrogens (primary N) is 1. The van der Waals surface area contributed by atoms with Crippen LogP contribution in [0.3, 0.4) is 0 Å². The molecule has 0 radical (unpaired) electrons. The van der Waals surface area contributed by atoms with Gasteiger partial charge in [-0.1, -0.05) is 23.7 Å². The summed E-state index contributed by atoms with van der Waals surface area (Å²) in [7, 11) is 0. The molecular formula is C13H16ClF2N. The van der Waals surface area contributed by atoms with E-state index in [9.17, 15) is 8.78 Å². The Morgan fingerprint density at radius 1 is 1.35 bits per heavy atom. The Hall–Kier alpha value is -0.670. The van der Waals surface area contributed by atoms with Gasteiger partial charge in [-0.15, -0.1) is 0 Å². The maximum Gasteiger partial charge on any atom is 0.145 e. The van der Waals surface area contributed by atoms with Gasteiger partial charge in [-0.3, -0.25) is 0 Å². The molecule has 0 heterocycles. The maximum atomic E-state index is 14.5. The van der Waals surface area contributed by atoms with Crippen molar-refractivity contribution in [3.05, 3.63) is 34.6 Å². The van der Waals surface area contributed by atoms with Crippen LogP contribution in [0.1, 0.15) is 31.2 Å². The van der Waals surface area contributed by atoms with Crippen molar-refractivity contribution in [2.75, 3.05) is 0 Å². The molecule has 1 aliphatic carbocycles. The molecule has 1 aromatic rings. The van der Waals surface area contributed by atoms with Gasteiger partial charge in [0.15, 0.2) is 0 Å². The summed E-state index contributed by atoms with van der Waals surface area (Å²) in [5.41, 5.74) is 4.77. The van der Waals surface area contributed by atoms with Crippen molar-refractivity contribution in [1.29, 1.82) is 0 Å². The standard InChI is InChI=1S/C13H16ClF2N/c14-11-3-1-2-9(12(11)15)8-13(16)6-4-10(17)5-7-13/h1-3,10H,4-8,17H2. The van der Waals surface area contributed by atoms with Gasteiger partial charge in [0.1, 0.15) is 11.5 Å². The Labute approximate surface area is 105 Å². The third-order valence-corrected chi connectivity index (χ3v) is 3.76. The molecule has 1 nitrogen and oxygen atoms in total. The minimum absolute atomic E-state index is 0.0543. The first-order valence-electron chi connectivity index (χ1n) is 5.88. The minimum atomic E-state index is -1.33. The van der Waals surface area contributed by atoms with Crippen LogP contribution in [0, 0.1) is 5.82 Å². The fourth-order valence-electron chi connectivity index (χ4n) is 2.36. The second-order valence-corrected chi connectivity index (χ2v) is 5.29. The third-order valence-electron chi connectivity index (χ3n) is 3.47. The highest BCUT2D eigenvalue weighted by molar-refractivity contribution is 6.30. The first-order chi connectivity index (χ1) is 8.00. The first-order valence-corrected chi connectivity index (χ1v) is 6.25. The van der Waals surface area contributed by atoms with E-state index < -0.39 is 11.5 Å². The van der Waals surface area contributed by atoms with E-state index in [1.165, 1.54) is 6.07 Å². The molecule has 1 fully saturated rings. The predicted octanol–water partition coefficient (Wildman–Crippen LogP) is 3.63. The predicted molar refractivity (Wildman–Crippen MR) is 65.4 cm³/mol. The summed E-state index contributed by atoms with van der Waals surface area (Å²) in [6, 6.07) is 4.81. The van der Waals surface area contributed by atoms with Crippen molar-refractivity contribution in [1.82, 2.24) is 0 Å². The zero-order valence-electron chi connectivity index (χ0n) is 9.56. The Morgan fingerprint density at radius 3 is 2.65 bits per heavy atom. The molecule has 0 saturated heterocycles. The topological polar surface area (TPSA) is 26.0 Å². The Morgan fingerprint density at radius 2 is 2.00 bits per heavy atom. The summed E-state index contributed by atoms with van der Waals surface area (Å²) in [4.78, 5) is 0. The van der Waals surface area contributed by atoms with E-state index in [1.807, 2.05) is 0 Å². The van der Waals surface area contributed by atoms with Crippen LogP contribution in [-0.2, 0) is 6.42 Å². The molecule has 1 saturated carbocycles. The number of rotatable bonds is 2. The SMILES string of the molecule is NC1CCC(F)(Cc2cccc(Cl)c2F)CC1. The molecule has 2 rings (SSSR count). The zero-order chi connectivity index (χ0) is 12.5. The first kappa shape index (κ1) is 12.8. The van der Waals surface area contributed by atoms with E-state index in [4.69, 9.17) is 17.3 Å². The summed E-state index contributed by atoms with van der Waals surface area (Å²) in [6.45, 7) is 0. The summed E-state index contributed by atoms with van der Waals surface area (Å²) < 4.78 is 28.2. The molecule has 0 amide bonds. The van der Waals surface area contributed by atoms with E-state index in [0.29, 0.717) is 31.2 Å². The van der Waals surface area contributed by atoms with Gasteiger partial charge in [-0.2, -0.15) is 0 Å². The van der Waals surface area contributed by atoms with Crippen LogP contribution in [0.4, 0.5) is 8.78 Å². The van der Waals surface area contributed by atoms with Crippen molar-refractivity contribution in [3.63, 3.8) is 0 Å². The van der Waals surface area contributed by atoms with Gasteiger partial charge in [0.25, 0.3) is 0 Å². The average Bonchev–Trinajstić information content (AvgIpc) is 2.30. The number of hydrogen-bond donors (Lipinski definition) is 1. The molecule has 4 heteroatoms. The Balaban J connectivity index is 2.12. The number of benzene rings is 1. The van der Waals surface area contributed by atoms with Crippen molar-refractivity contribution < 1.29 is 8.78 Å². The van der Waals surface area contributed by atoms with Gasteiger partial charge >= 0.3 is 0 Å². The minimum Gasteiger partial charge on any atom is -0.328 e. The van der Waals surface area contributed by atoms with E-state index in [1.54, 1.807) is 12.1 Å². The molecule has 17 heavy (non-hydrogen) atoms. The molecule has 94 valence electrons. The fourth-order valence-corrected chi connectivity index (χ4v) is 2.55. The summed E-state index contributed by atoms with van der Waals surface area (Å²) in [5.74, 6) is -0.499. The lowest BCUT2D eigenvalue weighted by Gasteiger charge is -2.32. The average molecular weight is 260 g/mol. The summed E-state index contributed by atoms with van der Waals surface area (Å²) in [5, 5.41) is 0.0543. The fraction of sp³-hybridized carbons (Fsp3) is 0.538. The lowest BCUT2D eigenvalue weighted by molar-refractivity contribution is 0.0984. The van der Waals surface area contributed by atoms with Gasteiger partial charge < -0.3 is 5.73 Å². The van der Waals surface area contributed by atoms with Gasteiger partial charge in [0.2, 0.25) is 0 Å². The molecule has 0 spiro atoms. The van der Waals surface area contributed by atoms with E-state index in [-0.39, 0.29) is 17.5 Å². The van der Waals surface area contributed by atoms with Crippen molar-refractivity contribution in [2.24, 2.45) is 5.73 Å². The quantitative estimate of drug-likeness (QED) is 0.862. The van der Waals surface area contributed by atoms with Gasteiger partial charge in [-0.05, 0) is 37.3 Å². The van der Waals surface area contributed by atoms with Crippen LogP contribution < -0.4 is 5.73 Å². The van der Waals surface area contributed by atoms with E-state index in [0.717, 1.165) is 0 Å². The molecule has 0 aliphatic heterocycles. The highest BCUT2D eigenvalue weighted by Gasteiger charge is 2.35. The van der Waals surface area contributed by atoms with E-state index >= 15 is 0 Å². The highest BCUT2D eigenvalue weighted by Crippen LogP contribution is 2.35. The lowest BCUT2D eigenvalue weighted by Crippen LogP contribution is -2.37. The second kappa shape index (κ2) is 4.91. The second-order valence-electron chi connectivity index (χ2n) is 4.88. The molecular weight excluding hydrogens is 244 g/mol. The number of hydrogen-bond acceptors (Lipinski definition) is 1. The van der Waals surface area contributed by atoms with Gasteiger partial charge in [0.05, 0.1) is 5.02 Å². The maximum absolute atomic E-state index is 14.5. The number of halogens is 3. The van der Waals surface area contributed by atoms with Crippen molar-refractivity contribution >= 4 is 11.6 Å². The monoisotopic (exact) mass is 259 g/mol. The van der Waals surface area contributed by atoms with Crippen LogP contribution in [0.5, 0.6) is 0 Å². The molecule has 0 aromatic heterocycles. The molecule has 1 aliphatic rings. The summed E-state index contributed by atoms with van der Waals surface area (Å²) >= 11 is 5.68. The highest BCUT2D eigenvalue weighted by atomic mass is 35.5.